The second kappa shape index (κ2) is 4.60. The Labute approximate surface area is 83.0 Å². The number of aromatic nitrogens is 1. The summed E-state index contributed by atoms with van der Waals surface area (Å²) in [5.74, 6) is -0.0734. The minimum Gasteiger partial charge on any atom is -0.481 e. The molecule has 2 N–H and O–H groups in total. The second-order valence-corrected chi connectivity index (χ2v) is 3.17. The third kappa shape index (κ3) is 3.05. The van der Waals surface area contributed by atoms with Crippen molar-refractivity contribution in [2.75, 3.05) is 11.9 Å². The van der Waals surface area contributed by atoms with E-state index in [0.717, 1.165) is 17.1 Å². The number of carboxylic acids is 1. The van der Waals surface area contributed by atoms with Gasteiger partial charge >= 0.3 is 5.97 Å². The first-order valence-corrected chi connectivity index (χ1v) is 4.49. The Balaban J connectivity index is 2.51. The van der Waals surface area contributed by atoms with Gasteiger partial charge < -0.3 is 10.4 Å². The summed E-state index contributed by atoms with van der Waals surface area (Å²) in [6.45, 7) is 4.33. The Bertz CT molecular complexity index is 337. The van der Waals surface area contributed by atoms with E-state index in [4.69, 9.17) is 5.11 Å². The van der Waals surface area contributed by atoms with E-state index in [0.29, 0.717) is 6.54 Å². The fraction of sp³-hybridized carbons (Fsp3) is 0.400. The molecule has 1 rings (SSSR count). The maximum absolute atomic E-state index is 10.3. The highest BCUT2D eigenvalue weighted by atomic mass is 16.4. The molecule has 4 nitrogen and oxygen atoms in total. The molecule has 0 unspecified atom stereocenters. The molecule has 1 aromatic rings. The van der Waals surface area contributed by atoms with Crippen LogP contribution in [0, 0.1) is 13.8 Å². The van der Waals surface area contributed by atoms with E-state index in [1.54, 1.807) is 0 Å². The molecular weight excluding hydrogens is 180 g/mol. The minimum absolute atomic E-state index is 0.106. The topological polar surface area (TPSA) is 62.2 Å². The lowest BCUT2D eigenvalue weighted by Gasteiger charge is -2.05. The first-order chi connectivity index (χ1) is 6.59. The van der Waals surface area contributed by atoms with Gasteiger partial charge in [-0.25, -0.2) is 4.98 Å². The van der Waals surface area contributed by atoms with Gasteiger partial charge in [0.2, 0.25) is 0 Å². The molecule has 76 valence electrons. The number of nitrogens with zero attached hydrogens (tertiary/aromatic N) is 1. The number of aryl methyl sites for hydroxylation is 2. The smallest absolute Gasteiger partial charge is 0.305 e. The second-order valence-electron chi connectivity index (χ2n) is 3.17. The lowest BCUT2D eigenvalue weighted by atomic mass is 10.2. The van der Waals surface area contributed by atoms with Crippen LogP contribution >= 0.6 is 0 Å². The Hall–Kier alpha value is -1.58. The molecule has 0 saturated heterocycles. The number of carbonyl (C=O) groups is 1. The van der Waals surface area contributed by atoms with E-state index in [-0.39, 0.29) is 6.42 Å². The normalized spacial score (nSPS) is 9.86. The van der Waals surface area contributed by atoms with Gasteiger partial charge in [-0.15, -0.1) is 0 Å². The zero-order valence-electron chi connectivity index (χ0n) is 8.37. The quantitative estimate of drug-likeness (QED) is 0.764. The summed E-state index contributed by atoms with van der Waals surface area (Å²) in [5.41, 5.74) is 2.10. The van der Waals surface area contributed by atoms with Gasteiger partial charge in [-0.1, -0.05) is 6.07 Å². The van der Waals surface area contributed by atoms with Crippen LogP contribution in [0.25, 0.3) is 0 Å². The predicted octanol–water partition coefficient (Wildman–Crippen LogP) is 1.59. The van der Waals surface area contributed by atoms with Crippen LogP contribution in [0.15, 0.2) is 12.1 Å². The van der Waals surface area contributed by atoms with Crippen LogP contribution in [0.4, 0.5) is 5.82 Å². The highest BCUT2D eigenvalue weighted by Crippen LogP contribution is 2.08. The highest BCUT2D eigenvalue weighted by Gasteiger charge is 1.99. The number of aliphatic carboxylic acids is 1. The van der Waals surface area contributed by atoms with Crippen LogP contribution < -0.4 is 5.32 Å². The lowest BCUT2D eigenvalue weighted by molar-refractivity contribution is -0.136. The summed E-state index contributed by atoms with van der Waals surface area (Å²) in [7, 11) is 0. The maximum Gasteiger partial charge on any atom is 0.305 e. The Morgan fingerprint density at radius 3 is 2.79 bits per heavy atom. The van der Waals surface area contributed by atoms with Gasteiger partial charge in [0, 0.05) is 12.2 Å². The monoisotopic (exact) mass is 194 g/mol. The molecular formula is C10H14N2O2. The van der Waals surface area contributed by atoms with Crippen molar-refractivity contribution < 1.29 is 9.90 Å². The summed E-state index contributed by atoms with van der Waals surface area (Å²) in [6, 6.07) is 3.82. The standard InChI is InChI=1S/C10H14N2O2/c1-7-3-4-9(12-8(7)2)11-6-5-10(13)14/h3-4H,5-6H2,1-2H3,(H,11,12)(H,13,14). The number of pyridine rings is 1. The van der Waals surface area contributed by atoms with E-state index in [2.05, 4.69) is 10.3 Å². The average Bonchev–Trinajstić information content (AvgIpc) is 2.10. The van der Waals surface area contributed by atoms with Crippen LogP contribution in [0.1, 0.15) is 17.7 Å². The van der Waals surface area contributed by atoms with Crippen molar-refractivity contribution in [1.29, 1.82) is 0 Å². The van der Waals surface area contributed by atoms with Crippen molar-refractivity contribution in [2.45, 2.75) is 20.3 Å². The van der Waals surface area contributed by atoms with Crippen molar-refractivity contribution >= 4 is 11.8 Å². The van der Waals surface area contributed by atoms with E-state index in [1.807, 2.05) is 26.0 Å². The van der Waals surface area contributed by atoms with E-state index in [9.17, 15) is 4.79 Å². The van der Waals surface area contributed by atoms with Crippen molar-refractivity contribution in [2.24, 2.45) is 0 Å². The Morgan fingerprint density at radius 2 is 2.21 bits per heavy atom. The summed E-state index contributed by atoms with van der Waals surface area (Å²) in [4.78, 5) is 14.5. The zero-order valence-corrected chi connectivity index (χ0v) is 8.37. The molecule has 0 atom stereocenters. The number of hydrogen-bond donors (Lipinski definition) is 2. The molecule has 0 radical (unpaired) electrons. The summed E-state index contributed by atoms with van der Waals surface area (Å²) >= 11 is 0. The minimum atomic E-state index is -0.804. The molecule has 0 saturated carbocycles. The van der Waals surface area contributed by atoms with Crippen LogP contribution in [0.2, 0.25) is 0 Å². The van der Waals surface area contributed by atoms with Crippen LogP contribution in [0.5, 0.6) is 0 Å². The molecule has 0 aliphatic heterocycles. The van der Waals surface area contributed by atoms with Gasteiger partial charge in [0.15, 0.2) is 0 Å². The predicted molar refractivity (Wildman–Crippen MR) is 54.5 cm³/mol. The average molecular weight is 194 g/mol. The molecule has 0 aliphatic rings. The summed E-state index contributed by atoms with van der Waals surface area (Å²) in [6.07, 6.45) is 0.106. The van der Waals surface area contributed by atoms with Crippen molar-refractivity contribution in [3.8, 4) is 0 Å². The summed E-state index contributed by atoms with van der Waals surface area (Å²) in [5, 5.41) is 11.4. The van der Waals surface area contributed by atoms with Crippen molar-refractivity contribution in [3.05, 3.63) is 23.4 Å². The highest BCUT2D eigenvalue weighted by molar-refractivity contribution is 5.67. The van der Waals surface area contributed by atoms with Gasteiger partial charge in [0.25, 0.3) is 0 Å². The van der Waals surface area contributed by atoms with Gasteiger partial charge in [0.1, 0.15) is 5.82 Å². The molecule has 0 aliphatic carbocycles. The largest absolute Gasteiger partial charge is 0.481 e. The molecule has 1 heterocycles. The van der Waals surface area contributed by atoms with E-state index in [1.165, 1.54) is 0 Å². The first kappa shape index (κ1) is 10.5. The molecule has 4 heteroatoms. The fourth-order valence-corrected chi connectivity index (χ4v) is 1.03. The number of hydrogen-bond acceptors (Lipinski definition) is 3. The van der Waals surface area contributed by atoms with E-state index < -0.39 is 5.97 Å². The molecule has 0 aromatic carbocycles. The van der Waals surface area contributed by atoms with Gasteiger partial charge in [0.05, 0.1) is 6.42 Å². The summed E-state index contributed by atoms with van der Waals surface area (Å²) < 4.78 is 0. The van der Waals surface area contributed by atoms with Crippen LogP contribution in [0.3, 0.4) is 0 Å². The molecule has 14 heavy (non-hydrogen) atoms. The van der Waals surface area contributed by atoms with Gasteiger partial charge in [-0.05, 0) is 25.5 Å². The zero-order chi connectivity index (χ0) is 10.6. The maximum atomic E-state index is 10.3. The van der Waals surface area contributed by atoms with Crippen molar-refractivity contribution in [3.63, 3.8) is 0 Å². The van der Waals surface area contributed by atoms with E-state index >= 15 is 0 Å². The SMILES string of the molecule is Cc1ccc(NCCC(=O)O)nc1C. The Morgan fingerprint density at radius 1 is 1.50 bits per heavy atom. The fourth-order valence-electron chi connectivity index (χ4n) is 1.03. The Kier molecular flexibility index (Phi) is 3.45. The van der Waals surface area contributed by atoms with Crippen LogP contribution in [-0.4, -0.2) is 22.6 Å². The number of anilines is 1. The van der Waals surface area contributed by atoms with Gasteiger partial charge in [-0.2, -0.15) is 0 Å². The lowest BCUT2D eigenvalue weighted by Crippen LogP contribution is -2.08. The number of nitrogens with one attached hydrogen (secondary N) is 1. The van der Waals surface area contributed by atoms with Gasteiger partial charge in [-0.3, -0.25) is 4.79 Å². The molecule has 0 bridgehead atoms. The number of carboxylic acid groups (broad SMARTS) is 1. The van der Waals surface area contributed by atoms with Crippen molar-refractivity contribution in [1.82, 2.24) is 4.98 Å². The molecule has 0 amide bonds. The molecule has 1 aromatic heterocycles. The molecule has 0 spiro atoms. The molecule has 0 fully saturated rings. The third-order valence-corrected chi connectivity index (χ3v) is 2.00. The van der Waals surface area contributed by atoms with Crippen LogP contribution in [-0.2, 0) is 4.79 Å². The number of rotatable bonds is 4. The third-order valence-electron chi connectivity index (χ3n) is 2.00. The first-order valence-electron chi connectivity index (χ1n) is 4.49.